The van der Waals surface area contributed by atoms with Crippen molar-refractivity contribution >= 4 is 18.3 Å². The van der Waals surface area contributed by atoms with Crippen molar-refractivity contribution in [1.82, 2.24) is 10.2 Å². The molecule has 2 unspecified atom stereocenters. The Morgan fingerprint density at radius 3 is 2.78 bits per heavy atom. The Kier molecular flexibility index (Phi) is 7.92. The van der Waals surface area contributed by atoms with E-state index in [1.165, 1.54) is 17.0 Å². The minimum absolute atomic E-state index is 0. The molecule has 3 nitrogen and oxygen atoms in total. The highest BCUT2D eigenvalue weighted by Gasteiger charge is 2.23. The van der Waals surface area contributed by atoms with Crippen LogP contribution in [0.25, 0.3) is 0 Å². The lowest BCUT2D eigenvalue weighted by atomic mass is 9.85. The van der Waals surface area contributed by atoms with Gasteiger partial charge in [-0.05, 0) is 43.8 Å². The molecule has 0 aromatic heterocycles. The Morgan fingerprint density at radius 2 is 2.17 bits per heavy atom. The Balaban J connectivity index is 0.00000264. The summed E-state index contributed by atoms with van der Waals surface area (Å²) < 4.78 is 26.5. The number of amides is 1. The topological polar surface area (TPSA) is 32.3 Å². The van der Waals surface area contributed by atoms with Gasteiger partial charge in [-0.3, -0.25) is 4.79 Å². The van der Waals surface area contributed by atoms with Crippen molar-refractivity contribution < 1.29 is 13.6 Å². The van der Waals surface area contributed by atoms with Gasteiger partial charge >= 0.3 is 0 Å². The number of piperidine rings is 1. The van der Waals surface area contributed by atoms with Crippen LogP contribution in [0.3, 0.4) is 0 Å². The van der Waals surface area contributed by atoms with Gasteiger partial charge in [0.2, 0.25) is 5.91 Å². The monoisotopic (exact) mass is 346 g/mol. The largest absolute Gasteiger partial charge is 0.341 e. The molecule has 2 atom stereocenters. The number of rotatable bonds is 5. The first-order valence-corrected chi connectivity index (χ1v) is 7.86. The molecule has 1 aromatic carbocycles. The molecule has 1 saturated heterocycles. The summed E-state index contributed by atoms with van der Waals surface area (Å²) >= 11 is 0. The minimum Gasteiger partial charge on any atom is -0.341 e. The molecule has 0 aliphatic carbocycles. The van der Waals surface area contributed by atoms with E-state index in [0.29, 0.717) is 23.8 Å². The molecule has 1 fully saturated rings. The van der Waals surface area contributed by atoms with E-state index in [0.717, 1.165) is 32.0 Å². The van der Waals surface area contributed by atoms with Crippen molar-refractivity contribution in [2.75, 3.05) is 20.1 Å². The van der Waals surface area contributed by atoms with Gasteiger partial charge in [-0.25, -0.2) is 8.78 Å². The zero-order valence-electron chi connectivity index (χ0n) is 13.6. The van der Waals surface area contributed by atoms with Crippen LogP contribution in [-0.4, -0.2) is 30.9 Å². The Hall–Kier alpha value is -1.20. The summed E-state index contributed by atoms with van der Waals surface area (Å²) in [5.41, 5.74) is 0.337. The third-order valence-corrected chi connectivity index (χ3v) is 4.48. The highest BCUT2D eigenvalue weighted by molar-refractivity contribution is 5.85. The average Bonchev–Trinajstić information content (AvgIpc) is 2.50. The number of carbonyl (C=O) groups is 1. The van der Waals surface area contributed by atoms with Crippen molar-refractivity contribution in [2.45, 2.75) is 32.7 Å². The molecule has 2 rings (SSSR count). The number of benzene rings is 1. The third kappa shape index (κ3) is 5.74. The van der Waals surface area contributed by atoms with Gasteiger partial charge in [0.1, 0.15) is 11.6 Å². The molecule has 1 aromatic rings. The summed E-state index contributed by atoms with van der Waals surface area (Å²) in [6.45, 7) is 4.29. The van der Waals surface area contributed by atoms with Crippen molar-refractivity contribution in [3.63, 3.8) is 0 Å². The summed E-state index contributed by atoms with van der Waals surface area (Å²) in [6, 6.07) is 3.46. The second kappa shape index (κ2) is 9.18. The van der Waals surface area contributed by atoms with Gasteiger partial charge in [0.05, 0.1) is 0 Å². The quantitative estimate of drug-likeness (QED) is 0.886. The molecule has 0 saturated carbocycles. The smallest absolute Gasteiger partial charge is 0.222 e. The molecule has 1 amide bonds. The van der Waals surface area contributed by atoms with Crippen LogP contribution in [0, 0.1) is 23.5 Å². The Bertz CT molecular complexity index is 521. The molecule has 1 heterocycles. The van der Waals surface area contributed by atoms with Crippen LogP contribution >= 0.6 is 12.4 Å². The van der Waals surface area contributed by atoms with E-state index in [1.807, 2.05) is 0 Å². The van der Waals surface area contributed by atoms with Crippen LogP contribution in [-0.2, 0) is 11.3 Å². The summed E-state index contributed by atoms with van der Waals surface area (Å²) in [4.78, 5) is 13.8. The van der Waals surface area contributed by atoms with Crippen molar-refractivity contribution in [3.8, 4) is 0 Å². The first-order valence-electron chi connectivity index (χ1n) is 7.86. The predicted molar refractivity (Wildman–Crippen MR) is 89.5 cm³/mol. The van der Waals surface area contributed by atoms with E-state index < -0.39 is 11.6 Å². The summed E-state index contributed by atoms with van der Waals surface area (Å²) in [5, 5.41) is 3.36. The number of halogens is 3. The highest BCUT2D eigenvalue weighted by Crippen LogP contribution is 2.23. The van der Waals surface area contributed by atoms with Gasteiger partial charge < -0.3 is 10.2 Å². The maximum absolute atomic E-state index is 13.6. The molecule has 1 N–H and O–H groups in total. The van der Waals surface area contributed by atoms with Gasteiger partial charge in [-0.15, -0.1) is 12.4 Å². The van der Waals surface area contributed by atoms with Gasteiger partial charge in [-0.2, -0.15) is 0 Å². The molecule has 23 heavy (non-hydrogen) atoms. The molecule has 130 valence electrons. The molecular weight excluding hydrogens is 322 g/mol. The molecule has 0 bridgehead atoms. The Labute approximate surface area is 142 Å². The van der Waals surface area contributed by atoms with E-state index in [9.17, 15) is 13.6 Å². The van der Waals surface area contributed by atoms with Gasteiger partial charge in [0.15, 0.2) is 0 Å². The summed E-state index contributed by atoms with van der Waals surface area (Å²) in [6.07, 6.45) is 2.77. The number of hydrogen-bond donors (Lipinski definition) is 1. The van der Waals surface area contributed by atoms with Crippen LogP contribution in [0.1, 0.15) is 31.7 Å². The molecule has 0 spiro atoms. The third-order valence-electron chi connectivity index (χ3n) is 4.48. The maximum Gasteiger partial charge on any atom is 0.222 e. The van der Waals surface area contributed by atoms with Crippen LogP contribution in [0.2, 0.25) is 0 Å². The van der Waals surface area contributed by atoms with Crippen LogP contribution in [0.5, 0.6) is 0 Å². The van der Waals surface area contributed by atoms with E-state index >= 15 is 0 Å². The maximum atomic E-state index is 13.6. The first kappa shape index (κ1) is 19.8. The van der Waals surface area contributed by atoms with Crippen molar-refractivity contribution in [3.05, 3.63) is 35.4 Å². The van der Waals surface area contributed by atoms with E-state index in [2.05, 4.69) is 12.2 Å². The zero-order valence-corrected chi connectivity index (χ0v) is 14.5. The summed E-state index contributed by atoms with van der Waals surface area (Å²) in [7, 11) is 1.66. The van der Waals surface area contributed by atoms with Crippen molar-refractivity contribution in [2.24, 2.45) is 11.8 Å². The second-order valence-electron chi connectivity index (χ2n) is 6.27. The molecule has 0 radical (unpaired) electrons. The SMILES string of the molecule is CC(CC(=O)N(C)Cc1ccc(F)cc1F)C1CCCNC1.Cl. The lowest BCUT2D eigenvalue weighted by Gasteiger charge is -2.29. The van der Waals surface area contributed by atoms with Gasteiger partial charge in [-0.1, -0.05) is 13.0 Å². The number of carbonyl (C=O) groups excluding carboxylic acids is 1. The Morgan fingerprint density at radius 1 is 1.43 bits per heavy atom. The number of nitrogens with one attached hydrogen (secondary N) is 1. The second-order valence-corrected chi connectivity index (χ2v) is 6.27. The van der Waals surface area contributed by atoms with Crippen LogP contribution < -0.4 is 5.32 Å². The highest BCUT2D eigenvalue weighted by atomic mass is 35.5. The van der Waals surface area contributed by atoms with E-state index in [1.54, 1.807) is 7.05 Å². The summed E-state index contributed by atoms with van der Waals surface area (Å²) in [5.74, 6) is -0.380. The lowest BCUT2D eigenvalue weighted by Crippen LogP contribution is -2.36. The van der Waals surface area contributed by atoms with Crippen LogP contribution in [0.4, 0.5) is 8.78 Å². The first-order chi connectivity index (χ1) is 10.5. The predicted octanol–water partition coefficient (Wildman–Crippen LogP) is 3.37. The standard InChI is InChI=1S/C17H24F2N2O.ClH/c1-12(13-4-3-7-20-10-13)8-17(22)21(2)11-14-5-6-15(18)9-16(14)19;/h5-6,9,12-13,20H,3-4,7-8,10-11H2,1-2H3;1H. The van der Waals surface area contributed by atoms with Gasteiger partial charge in [0, 0.05) is 31.6 Å². The molecule has 6 heteroatoms. The van der Waals surface area contributed by atoms with E-state index in [4.69, 9.17) is 0 Å². The average molecular weight is 347 g/mol. The fourth-order valence-electron chi connectivity index (χ4n) is 2.96. The normalized spacial score (nSPS) is 18.9. The minimum atomic E-state index is -0.607. The molecule has 1 aliphatic heterocycles. The lowest BCUT2D eigenvalue weighted by molar-refractivity contribution is -0.131. The number of nitrogens with zero attached hydrogens (tertiary/aromatic N) is 1. The van der Waals surface area contributed by atoms with Crippen molar-refractivity contribution in [1.29, 1.82) is 0 Å². The van der Waals surface area contributed by atoms with Crippen LogP contribution in [0.15, 0.2) is 18.2 Å². The zero-order chi connectivity index (χ0) is 16.1. The number of hydrogen-bond acceptors (Lipinski definition) is 2. The van der Waals surface area contributed by atoms with Gasteiger partial charge in [0.25, 0.3) is 0 Å². The molecule has 1 aliphatic rings. The fraction of sp³-hybridized carbons (Fsp3) is 0.588. The molecular formula is C17H25ClF2N2O. The van der Waals surface area contributed by atoms with E-state index in [-0.39, 0.29) is 24.9 Å². The fourth-order valence-corrected chi connectivity index (χ4v) is 2.96.